The number of hydrogen-bond donors (Lipinski definition) is 0. The van der Waals surface area contributed by atoms with Crippen LogP contribution in [-0.4, -0.2) is 9.59 Å². The van der Waals surface area contributed by atoms with Crippen molar-refractivity contribution in [2.45, 2.75) is 0 Å². The zero-order valence-corrected chi connectivity index (χ0v) is 6.99. The lowest BCUT2D eigenvalue weighted by molar-refractivity contribution is 0.461. The first-order valence-electron chi connectivity index (χ1n) is 3.45. The third-order valence-electron chi connectivity index (χ3n) is 1.31. The van der Waals surface area contributed by atoms with Crippen LogP contribution in [0.5, 0.6) is 11.6 Å². The van der Waals surface area contributed by atoms with Gasteiger partial charge in [0.05, 0.1) is 5.38 Å². The Bertz CT molecular complexity index is 333. The standard InChI is InChI=1S/C8H6N2OS/c1-2-4-7(5-3-1)11-8-6-12-10-9-8/h1-6H. The van der Waals surface area contributed by atoms with Crippen LogP contribution in [0.1, 0.15) is 0 Å². The third kappa shape index (κ3) is 1.60. The molecule has 1 heterocycles. The Kier molecular flexibility index (Phi) is 2.00. The van der Waals surface area contributed by atoms with Gasteiger partial charge in [-0.15, -0.1) is 0 Å². The maximum absolute atomic E-state index is 5.36. The Morgan fingerprint density at radius 2 is 2.00 bits per heavy atom. The molecule has 0 aliphatic heterocycles. The summed E-state index contributed by atoms with van der Waals surface area (Å²) in [7, 11) is 0. The van der Waals surface area contributed by atoms with E-state index in [-0.39, 0.29) is 0 Å². The van der Waals surface area contributed by atoms with Crippen LogP contribution in [0.4, 0.5) is 0 Å². The summed E-state index contributed by atoms with van der Waals surface area (Å²) in [6.07, 6.45) is 0. The van der Waals surface area contributed by atoms with Crippen molar-refractivity contribution in [2.24, 2.45) is 0 Å². The smallest absolute Gasteiger partial charge is 0.251 e. The van der Waals surface area contributed by atoms with Crippen molar-refractivity contribution < 1.29 is 4.74 Å². The normalized spacial score (nSPS) is 9.67. The number of rotatable bonds is 2. The van der Waals surface area contributed by atoms with E-state index in [9.17, 15) is 0 Å². The molecule has 1 aromatic heterocycles. The molecule has 0 fully saturated rings. The van der Waals surface area contributed by atoms with Gasteiger partial charge in [-0.05, 0) is 23.7 Å². The Morgan fingerprint density at radius 1 is 1.17 bits per heavy atom. The molecule has 0 N–H and O–H groups in total. The third-order valence-corrected chi connectivity index (χ3v) is 1.79. The van der Waals surface area contributed by atoms with Crippen molar-refractivity contribution in [1.29, 1.82) is 0 Å². The van der Waals surface area contributed by atoms with Crippen LogP contribution in [0.25, 0.3) is 0 Å². The average molecular weight is 178 g/mol. The summed E-state index contributed by atoms with van der Waals surface area (Å²) in [6, 6.07) is 9.51. The van der Waals surface area contributed by atoms with Gasteiger partial charge in [0.15, 0.2) is 0 Å². The van der Waals surface area contributed by atoms with Crippen LogP contribution in [0.15, 0.2) is 35.7 Å². The summed E-state index contributed by atoms with van der Waals surface area (Å²) < 4.78 is 9.04. The number of hydrogen-bond acceptors (Lipinski definition) is 4. The lowest BCUT2D eigenvalue weighted by atomic mass is 10.3. The van der Waals surface area contributed by atoms with E-state index >= 15 is 0 Å². The first kappa shape index (κ1) is 7.24. The van der Waals surface area contributed by atoms with Crippen LogP contribution in [0.3, 0.4) is 0 Å². The summed E-state index contributed by atoms with van der Waals surface area (Å²) in [5.74, 6) is 1.33. The molecule has 2 aromatic rings. The number of aromatic nitrogens is 2. The molecule has 3 nitrogen and oxygen atoms in total. The Labute approximate surface area is 73.8 Å². The molecule has 0 bridgehead atoms. The SMILES string of the molecule is c1ccc(Oc2csnn2)cc1. The van der Waals surface area contributed by atoms with E-state index in [4.69, 9.17) is 4.74 Å². The van der Waals surface area contributed by atoms with Gasteiger partial charge < -0.3 is 4.74 Å². The minimum atomic E-state index is 0.547. The highest BCUT2D eigenvalue weighted by Gasteiger charge is 1.96. The van der Waals surface area contributed by atoms with Crippen LogP contribution >= 0.6 is 11.5 Å². The molecule has 0 radical (unpaired) electrons. The molecule has 0 atom stereocenters. The van der Waals surface area contributed by atoms with Crippen LogP contribution in [0.2, 0.25) is 0 Å². The maximum atomic E-state index is 5.36. The van der Waals surface area contributed by atoms with E-state index in [2.05, 4.69) is 9.59 Å². The number of para-hydroxylation sites is 1. The molecule has 0 saturated heterocycles. The molecule has 0 aliphatic rings. The van der Waals surface area contributed by atoms with Crippen molar-refractivity contribution in [1.82, 2.24) is 9.59 Å². The predicted molar refractivity (Wildman–Crippen MR) is 46.4 cm³/mol. The molecule has 12 heavy (non-hydrogen) atoms. The van der Waals surface area contributed by atoms with E-state index in [1.165, 1.54) is 11.5 Å². The molecular weight excluding hydrogens is 172 g/mol. The first-order valence-corrected chi connectivity index (χ1v) is 4.29. The fourth-order valence-electron chi connectivity index (χ4n) is 0.810. The van der Waals surface area contributed by atoms with Gasteiger partial charge in [0, 0.05) is 0 Å². The van der Waals surface area contributed by atoms with Gasteiger partial charge in [0.1, 0.15) is 5.75 Å². The molecule has 0 amide bonds. The second-order valence-corrected chi connectivity index (χ2v) is 2.77. The van der Waals surface area contributed by atoms with Crippen molar-refractivity contribution in [3.05, 3.63) is 35.7 Å². The van der Waals surface area contributed by atoms with Gasteiger partial charge in [-0.1, -0.05) is 27.8 Å². The monoisotopic (exact) mass is 178 g/mol. The highest BCUT2D eigenvalue weighted by Crippen LogP contribution is 2.18. The Hall–Kier alpha value is -1.42. The second-order valence-electron chi connectivity index (χ2n) is 2.16. The zero-order chi connectivity index (χ0) is 8.23. The van der Waals surface area contributed by atoms with Crippen LogP contribution < -0.4 is 4.74 Å². The molecule has 0 saturated carbocycles. The lowest BCUT2D eigenvalue weighted by Gasteiger charge is -1.98. The van der Waals surface area contributed by atoms with E-state index in [0.717, 1.165) is 5.75 Å². The van der Waals surface area contributed by atoms with Crippen molar-refractivity contribution in [3.8, 4) is 11.6 Å². The van der Waals surface area contributed by atoms with Crippen LogP contribution in [0, 0.1) is 0 Å². The molecular formula is C8H6N2OS. The lowest BCUT2D eigenvalue weighted by Crippen LogP contribution is -1.82. The molecule has 4 heteroatoms. The fourth-order valence-corrected chi connectivity index (χ4v) is 1.17. The molecule has 0 aliphatic carbocycles. The van der Waals surface area contributed by atoms with E-state index in [0.29, 0.717) is 5.88 Å². The largest absolute Gasteiger partial charge is 0.437 e. The summed E-state index contributed by atoms with van der Waals surface area (Å²) in [5.41, 5.74) is 0. The molecule has 1 aromatic carbocycles. The topological polar surface area (TPSA) is 35.0 Å². The molecule has 60 valence electrons. The number of benzene rings is 1. The Balaban J connectivity index is 2.15. The molecule has 0 spiro atoms. The summed E-state index contributed by atoms with van der Waals surface area (Å²) in [5, 5.41) is 5.51. The minimum absolute atomic E-state index is 0.547. The Morgan fingerprint density at radius 3 is 2.67 bits per heavy atom. The van der Waals surface area contributed by atoms with Crippen molar-refractivity contribution in [2.75, 3.05) is 0 Å². The van der Waals surface area contributed by atoms with E-state index < -0.39 is 0 Å². The van der Waals surface area contributed by atoms with Gasteiger partial charge >= 0.3 is 0 Å². The summed E-state index contributed by atoms with van der Waals surface area (Å²) in [4.78, 5) is 0. The van der Waals surface area contributed by atoms with Gasteiger partial charge in [-0.25, -0.2) is 0 Å². The summed E-state index contributed by atoms with van der Waals surface area (Å²) in [6.45, 7) is 0. The predicted octanol–water partition coefficient (Wildman–Crippen LogP) is 2.33. The second kappa shape index (κ2) is 3.32. The fraction of sp³-hybridized carbons (Fsp3) is 0. The van der Waals surface area contributed by atoms with Crippen molar-refractivity contribution >= 4 is 11.5 Å². The van der Waals surface area contributed by atoms with Gasteiger partial charge in [-0.3, -0.25) is 0 Å². The highest BCUT2D eigenvalue weighted by molar-refractivity contribution is 7.03. The quantitative estimate of drug-likeness (QED) is 0.707. The van der Waals surface area contributed by atoms with Gasteiger partial charge in [-0.2, -0.15) is 0 Å². The maximum Gasteiger partial charge on any atom is 0.251 e. The zero-order valence-electron chi connectivity index (χ0n) is 6.18. The van der Waals surface area contributed by atoms with Gasteiger partial charge in [0.25, 0.3) is 5.88 Å². The number of ether oxygens (including phenoxy) is 1. The van der Waals surface area contributed by atoms with Crippen LogP contribution in [-0.2, 0) is 0 Å². The molecule has 0 unspecified atom stereocenters. The van der Waals surface area contributed by atoms with Crippen molar-refractivity contribution in [3.63, 3.8) is 0 Å². The van der Waals surface area contributed by atoms with Gasteiger partial charge in [0.2, 0.25) is 0 Å². The average Bonchev–Trinajstić information content (AvgIpc) is 2.59. The molecule has 2 rings (SSSR count). The highest BCUT2D eigenvalue weighted by atomic mass is 32.1. The van der Waals surface area contributed by atoms with E-state index in [1.54, 1.807) is 5.38 Å². The summed E-state index contributed by atoms with van der Waals surface area (Å²) >= 11 is 1.27. The first-order chi connectivity index (χ1) is 5.95. The number of nitrogens with zero attached hydrogens (tertiary/aromatic N) is 2. The minimum Gasteiger partial charge on any atom is -0.437 e. The van der Waals surface area contributed by atoms with E-state index in [1.807, 2.05) is 30.3 Å².